The van der Waals surface area contributed by atoms with Crippen LogP contribution >= 0.6 is 23.1 Å². The van der Waals surface area contributed by atoms with Gasteiger partial charge in [-0.3, -0.25) is 4.79 Å². The Hall–Kier alpha value is -2.13. The number of rotatable bonds is 5. The van der Waals surface area contributed by atoms with Gasteiger partial charge < -0.3 is 15.5 Å². The standard InChI is InChI=1S/C14H16N6OS2/c1-8-3-9(2)20-6-10(17-11(20)4-8)5-16-12(21)7-22-14-19-18-13(15)23-14/h3-4,6H,5,7H2,1-2H3,(H2,15,18)(H,16,21). The third kappa shape index (κ3) is 3.80. The van der Waals surface area contributed by atoms with E-state index in [1.54, 1.807) is 0 Å². The van der Waals surface area contributed by atoms with E-state index in [1.165, 1.54) is 28.7 Å². The first kappa shape index (κ1) is 15.8. The molecule has 0 saturated heterocycles. The number of pyridine rings is 1. The third-order valence-electron chi connectivity index (χ3n) is 3.17. The van der Waals surface area contributed by atoms with Crippen LogP contribution in [0.5, 0.6) is 0 Å². The molecule has 0 spiro atoms. The summed E-state index contributed by atoms with van der Waals surface area (Å²) in [5, 5.41) is 10.8. The largest absolute Gasteiger partial charge is 0.374 e. The third-order valence-corrected chi connectivity index (χ3v) is 5.06. The lowest BCUT2D eigenvalue weighted by atomic mass is 10.2. The van der Waals surface area contributed by atoms with Crippen molar-refractivity contribution in [3.63, 3.8) is 0 Å². The van der Waals surface area contributed by atoms with Gasteiger partial charge in [0.1, 0.15) is 5.65 Å². The molecule has 0 bridgehead atoms. The SMILES string of the molecule is Cc1cc(C)n2cc(CNC(=O)CSc3nnc(N)s3)nc2c1. The average Bonchev–Trinajstić information content (AvgIpc) is 3.09. The molecule has 7 nitrogen and oxygen atoms in total. The maximum Gasteiger partial charge on any atom is 0.230 e. The smallest absolute Gasteiger partial charge is 0.230 e. The van der Waals surface area contributed by atoms with E-state index in [4.69, 9.17) is 5.73 Å². The fraction of sp³-hybridized carbons (Fsp3) is 0.286. The van der Waals surface area contributed by atoms with Gasteiger partial charge in [-0.25, -0.2) is 4.98 Å². The van der Waals surface area contributed by atoms with Crippen LogP contribution in [0.15, 0.2) is 22.7 Å². The highest BCUT2D eigenvalue weighted by atomic mass is 32.2. The second-order valence-corrected chi connectivity index (χ2v) is 7.34. The monoisotopic (exact) mass is 348 g/mol. The predicted octanol–water partition coefficient (Wildman–Crippen LogP) is 1.79. The number of imidazole rings is 1. The molecule has 23 heavy (non-hydrogen) atoms. The van der Waals surface area contributed by atoms with Crippen molar-refractivity contribution in [1.29, 1.82) is 0 Å². The number of aryl methyl sites for hydroxylation is 2. The van der Waals surface area contributed by atoms with E-state index in [0.29, 0.717) is 16.0 Å². The number of carbonyl (C=O) groups excluding carboxylic acids is 1. The van der Waals surface area contributed by atoms with Crippen LogP contribution < -0.4 is 11.1 Å². The zero-order chi connectivity index (χ0) is 16.4. The van der Waals surface area contributed by atoms with E-state index < -0.39 is 0 Å². The zero-order valence-corrected chi connectivity index (χ0v) is 14.4. The molecule has 3 aromatic heterocycles. The van der Waals surface area contributed by atoms with Crippen LogP contribution in [0.4, 0.5) is 5.13 Å². The van der Waals surface area contributed by atoms with Crippen LogP contribution in [-0.4, -0.2) is 31.2 Å². The second-order valence-electron chi connectivity index (χ2n) is 5.11. The summed E-state index contributed by atoms with van der Waals surface area (Å²) in [6, 6.07) is 4.12. The van der Waals surface area contributed by atoms with E-state index in [1.807, 2.05) is 30.5 Å². The summed E-state index contributed by atoms with van der Waals surface area (Å²) in [6.45, 7) is 4.48. The molecule has 3 rings (SSSR count). The van der Waals surface area contributed by atoms with Gasteiger partial charge in [-0.2, -0.15) is 0 Å². The first-order chi connectivity index (χ1) is 11.0. The van der Waals surface area contributed by atoms with Crippen molar-refractivity contribution >= 4 is 39.8 Å². The minimum Gasteiger partial charge on any atom is -0.374 e. The molecule has 0 radical (unpaired) electrons. The Balaban J connectivity index is 1.57. The molecule has 3 aromatic rings. The lowest BCUT2D eigenvalue weighted by molar-refractivity contribution is -0.118. The number of nitrogen functional groups attached to an aromatic ring is 1. The van der Waals surface area contributed by atoms with Crippen LogP contribution in [0.3, 0.4) is 0 Å². The topological polar surface area (TPSA) is 98.2 Å². The fourth-order valence-corrected chi connectivity index (χ4v) is 3.67. The van der Waals surface area contributed by atoms with Crippen LogP contribution in [0.1, 0.15) is 17.0 Å². The maximum absolute atomic E-state index is 11.9. The van der Waals surface area contributed by atoms with Crippen molar-refractivity contribution in [3.8, 4) is 0 Å². The molecule has 9 heteroatoms. The maximum atomic E-state index is 11.9. The van der Waals surface area contributed by atoms with Crippen molar-refractivity contribution in [3.05, 3.63) is 35.3 Å². The van der Waals surface area contributed by atoms with Crippen molar-refractivity contribution in [2.75, 3.05) is 11.5 Å². The summed E-state index contributed by atoms with van der Waals surface area (Å²) in [5.74, 6) is 0.203. The molecular formula is C14H16N6OS2. The lowest BCUT2D eigenvalue weighted by Gasteiger charge is -2.01. The summed E-state index contributed by atoms with van der Waals surface area (Å²) in [4.78, 5) is 16.4. The molecule has 3 N–H and O–H groups in total. The Morgan fingerprint density at radius 3 is 2.96 bits per heavy atom. The zero-order valence-electron chi connectivity index (χ0n) is 12.7. The van der Waals surface area contributed by atoms with Gasteiger partial charge in [-0.1, -0.05) is 23.1 Å². The molecule has 1 amide bonds. The van der Waals surface area contributed by atoms with E-state index in [0.717, 1.165) is 17.0 Å². The van der Waals surface area contributed by atoms with Crippen LogP contribution in [-0.2, 0) is 11.3 Å². The molecule has 120 valence electrons. The number of nitrogens with one attached hydrogen (secondary N) is 1. The fourth-order valence-electron chi connectivity index (χ4n) is 2.21. The Bertz CT molecular complexity index is 856. The molecule has 0 atom stereocenters. The van der Waals surface area contributed by atoms with Gasteiger partial charge >= 0.3 is 0 Å². The van der Waals surface area contributed by atoms with E-state index in [9.17, 15) is 4.79 Å². The number of aromatic nitrogens is 4. The highest BCUT2D eigenvalue weighted by Gasteiger charge is 2.09. The highest BCUT2D eigenvalue weighted by molar-refractivity contribution is 8.01. The molecule has 0 saturated carbocycles. The number of anilines is 1. The summed E-state index contributed by atoms with van der Waals surface area (Å²) in [6.07, 6.45) is 1.95. The van der Waals surface area contributed by atoms with Crippen LogP contribution in [0.25, 0.3) is 5.65 Å². The highest BCUT2D eigenvalue weighted by Crippen LogP contribution is 2.23. The number of fused-ring (bicyclic) bond motifs is 1. The van der Waals surface area contributed by atoms with E-state index >= 15 is 0 Å². The number of thioether (sulfide) groups is 1. The normalized spacial score (nSPS) is 11.0. The van der Waals surface area contributed by atoms with Crippen LogP contribution in [0.2, 0.25) is 0 Å². The van der Waals surface area contributed by atoms with Gasteiger partial charge in [0.05, 0.1) is 18.0 Å². The summed E-state index contributed by atoms with van der Waals surface area (Å²) < 4.78 is 2.71. The van der Waals surface area contributed by atoms with E-state index in [-0.39, 0.29) is 11.7 Å². The molecular weight excluding hydrogens is 332 g/mol. The van der Waals surface area contributed by atoms with Gasteiger partial charge in [0.25, 0.3) is 0 Å². The summed E-state index contributed by atoms with van der Waals surface area (Å²) in [7, 11) is 0. The lowest BCUT2D eigenvalue weighted by Crippen LogP contribution is -2.24. The van der Waals surface area contributed by atoms with Gasteiger partial charge in [0.15, 0.2) is 4.34 Å². The molecule has 0 aromatic carbocycles. The number of hydrogen-bond acceptors (Lipinski definition) is 7. The number of hydrogen-bond donors (Lipinski definition) is 2. The number of amides is 1. The number of nitrogens with two attached hydrogens (primary N) is 1. The second kappa shape index (κ2) is 6.55. The molecule has 0 unspecified atom stereocenters. The Morgan fingerprint density at radius 1 is 1.39 bits per heavy atom. The average molecular weight is 348 g/mol. The van der Waals surface area contributed by atoms with Gasteiger partial charge in [-0.15, -0.1) is 10.2 Å². The summed E-state index contributed by atoms with van der Waals surface area (Å²) in [5.41, 5.74) is 9.51. The summed E-state index contributed by atoms with van der Waals surface area (Å²) >= 11 is 2.59. The Labute approximate surface area is 141 Å². The first-order valence-corrected chi connectivity index (χ1v) is 8.75. The van der Waals surface area contributed by atoms with Gasteiger partial charge in [0, 0.05) is 11.9 Å². The van der Waals surface area contributed by atoms with Crippen molar-refractivity contribution in [1.82, 2.24) is 24.9 Å². The minimum absolute atomic E-state index is 0.0752. The van der Waals surface area contributed by atoms with Crippen molar-refractivity contribution in [2.24, 2.45) is 0 Å². The van der Waals surface area contributed by atoms with Gasteiger partial charge in [0.2, 0.25) is 11.0 Å². The quantitative estimate of drug-likeness (QED) is 0.682. The molecule has 0 aliphatic carbocycles. The number of nitrogens with zero attached hydrogens (tertiary/aromatic N) is 4. The first-order valence-electron chi connectivity index (χ1n) is 6.95. The van der Waals surface area contributed by atoms with Gasteiger partial charge in [-0.05, 0) is 31.5 Å². The number of carbonyl (C=O) groups is 1. The van der Waals surface area contributed by atoms with Crippen molar-refractivity contribution in [2.45, 2.75) is 24.7 Å². The minimum atomic E-state index is -0.0752. The van der Waals surface area contributed by atoms with Crippen molar-refractivity contribution < 1.29 is 4.79 Å². The Morgan fingerprint density at radius 2 is 2.22 bits per heavy atom. The molecule has 3 heterocycles. The molecule has 0 fully saturated rings. The molecule has 0 aliphatic heterocycles. The predicted molar refractivity (Wildman–Crippen MR) is 91.6 cm³/mol. The molecule has 0 aliphatic rings. The Kier molecular flexibility index (Phi) is 4.49. The van der Waals surface area contributed by atoms with Crippen LogP contribution in [0, 0.1) is 13.8 Å². The van der Waals surface area contributed by atoms with E-state index in [2.05, 4.69) is 26.6 Å².